The molecule has 0 fully saturated rings. The summed E-state index contributed by atoms with van der Waals surface area (Å²) in [5, 5.41) is 22.3. The van der Waals surface area contributed by atoms with Crippen LogP contribution in [-0.2, 0) is 25.6 Å². The maximum absolute atomic E-state index is 13.6. The summed E-state index contributed by atoms with van der Waals surface area (Å²) < 4.78 is 45.3. The minimum atomic E-state index is -5.10. The summed E-state index contributed by atoms with van der Waals surface area (Å²) in [7, 11) is 0. The summed E-state index contributed by atoms with van der Waals surface area (Å²) in [5.74, 6) is -6.30. The summed E-state index contributed by atoms with van der Waals surface area (Å²) in [4.78, 5) is 64.4. The Kier molecular flexibility index (Phi) is 13.7. The van der Waals surface area contributed by atoms with E-state index in [0.717, 1.165) is 0 Å². The number of carbonyl (C=O) groups is 5. The zero-order chi connectivity index (χ0) is 36.3. The van der Waals surface area contributed by atoms with Crippen molar-refractivity contribution in [2.24, 2.45) is 23.5 Å². The summed E-state index contributed by atoms with van der Waals surface area (Å²) in [6.45, 7) is 4.76. The number of aliphatic hydroxyl groups is 1. The average Bonchev–Trinajstić information content (AvgIpc) is 3.55. The minimum absolute atomic E-state index is 0.0244. The molecule has 1 heterocycles. The van der Waals surface area contributed by atoms with Crippen molar-refractivity contribution in [2.45, 2.75) is 77.2 Å². The second-order valence-electron chi connectivity index (χ2n) is 12.2. The van der Waals surface area contributed by atoms with Gasteiger partial charge in [-0.25, -0.2) is 0 Å². The molecular weight excluding hydrogens is 647 g/mol. The lowest BCUT2D eigenvalue weighted by Gasteiger charge is -2.27. The van der Waals surface area contributed by atoms with Crippen LogP contribution < -0.4 is 16.4 Å². The maximum atomic E-state index is 13.6. The number of halogens is 3. The number of hydrogen-bond donors (Lipinski definition) is 4. The van der Waals surface area contributed by atoms with Gasteiger partial charge in [-0.15, -0.1) is 10.2 Å². The first-order chi connectivity index (χ1) is 23.1. The number of aliphatic hydroxyl groups excluding tert-OH is 1. The number of benzene rings is 2. The highest BCUT2D eigenvalue weighted by Gasteiger charge is 2.44. The van der Waals surface area contributed by atoms with Crippen LogP contribution in [0.15, 0.2) is 65.1 Å². The molecule has 0 saturated heterocycles. The van der Waals surface area contributed by atoms with Gasteiger partial charge in [-0.1, -0.05) is 69.3 Å². The quantitative estimate of drug-likeness (QED) is 0.145. The third kappa shape index (κ3) is 11.6. The Balaban J connectivity index is 1.74. The molecule has 1 aromatic heterocycles. The standard InChI is InChI=1S/C34H40F3N5O7/c1-19(2)23(18-27(44)33-42-41-32(49-33)22-12-8-5-9-13-22)31(48)40-25(17-21-10-6-4-7-11-21)26(43)16-20(3)30(47)39-24(14-15-28(38)45)29(46)34(35,36)37/h4-13,19-20,23-25,29,46H,14-18H2,1-3H3,(H2,38,45)(H,39,47)(H,40,48)/t20-,23+,24?,25+,29?/m1/s1. The van der Waals surface area contributed by atoms with Crippen LogP contribution in [0.3, 0.4) is 0 Å². The molecule has 0 aliphatic carbocycles. The fraction of sp³-hybridized carbons (Fsp3) is 0.441. The molecule has 0 bridgehead atoms. The monoisotopic (exact) mass is 687 g/mol. The van der Waals surface area contributed by atoms with Gasteiger partial charge in [-0.2, -0.15) is 13.2 Å². The van der Waals surface area contributed by atoms with E-state index in [0.29, 0.717) is 11.1 Å². The predicted molar refractivity (Wildman–Crippen MR) is 170 cm³/mol. The normalized spacial score (nSPS) is 14.7. The van der Waals surface area contributed by atoms with Gasteiger partial charge in [0, 0.05) is 36.7 Å². The Labute approximate surface area is 281 Å². The van der Waals surface area contributed by atoms with E-state index in [1.807, 2.05) is 0 Å². The lowest BCUT2D eigenvalue weighted by molar-refractivity contribution is -0.213. The molecule has 3 rings (SSSR count). The fourth-order valence-corrected chi connectivity index (χ4v) is 5.02. The van der Waals surface area contributed by atoms with Crippen molar-refractivity contribution >= 4 is 29.3 Å². The Morgan fingerprint density at radius 2 is 1.49 bits per heavy atom. The summed E-state index contributed by atoms with van der Waals surface area (Å²) in [6, 6.07) is 14.4. The Morgan fingerprint density at radius 3 is 2.06 bits per heavy atom. The van der Waals surface area contributed by atoms with Crippen LogP contribution in [0.25, 0.3) is 11.5 Å². The van der Waals surface area contributed by atoms with Gasteiger partial charge >= 0.3 is 6.18 Å². The van der Waals surface area contributed by atoms with Crippen LogP contribution in [0.4, 0.5) is 13.2 Å². The molecule has 2 unspecified atom stereocenters. The number of alkyl halides is 3. The lowest BCUT2D eigenvalue weighted by atomic mass is 9.88. The van der Waals surface area contributed by atoms with E-state index in [9.17, 15) is 42.3 Å². The second kappa shape index (κ2) is 17.5. The van der Waals surface area contributed by atoms with Gasteiger partial charge in [0.25, 0.3) is 5.89 Å². The molecule has 3 amide bonds. The smallest absolute Gasteiger partial charge is 0.414 e. The topological polar surface area (TPSA) is 195 Å². The van der Waals surface area contributed by atoms with Crippen LogP contribution in [0.1, 0.15) is 62.7 Å². The van der Waals surface area contributed by atoms with Gasteiger partial charge in [0.1, 0.15) is 0 Å². The highest BCUT2D eigenvalue weighted by Crippen LogP contribution is 2.25. The largest absolute Gasteiger partial charge is 0.416 e. The fourth-order valence-electron chi connectivity index (χ4n) is 5.02. The minimum Gasteiger partial charge on any atom is -0.414 e. The number of carbonyl (C=O) groups excluding carboxylic acids is 5. The van der Waals surface area contributed by atoms with Crippen LogP contribution >= 0.6 is 0 Å². The van der Waals surface area contributed by atoms with Crippen molar-refractivity contribution in [3.8, 4) is 11.5 Å². The number of amides is 3. The van der Waals surface area contributed by atoms with Crippen LogP contribution in [0.5, 0.6) is 0 Å². The molecule has 0 saturated carbocycles. The molecule has 12 nitrogen and oxygen atoms in total. The van der Waals surface area contributed by atoms with Crippen LogP contribution in [-0.4, -0.2) is 69.0 Å². The van der Waals surface area contributed by atoms with E-state index in [-0.39, 0.29) is 30.5 Å². The molecule has 0 radical (unpaired) electrons. The third-order valence-electron chi connectivity index (χ3n) is 7.92. The molecule has 15 heteroatoms. The number of nitrogens with two attached hydrogens (primary N) is 1. The Bertz CT molecular complexity index is 1580. The number of hydrogen-bond acceptors (Lipinski definition) is 9. The summed E-state index contributed by atoms with van der Waals surface area (Å²) >= 11 is 0. The van der Waals surface area contributed by atoms with E-state index in [2.05, 4.69) is 20.8 Å². The highest BCUT2D eigenvalue weighted by atomic mass is 19.4. The average molecular weight is 688 g/mol. The van der Waals surface area contributed by atoms with Crippen molar-refractivity contribution in [3.63, 3.8) is 0 Å². The Hall–Kier alpha value is -4.92. The number of nitrogens with zero attached hydrogens (tertiary/aromatic N) is 2. The molecule has 3 aromatic rings. The van der Waals surface area contributed by atoms with Crippen LogP contribution in [0, 0.1) is 17.8 Å². The van der Waals surface area contributed by atoms with Crippen LogP contribution in [0.2, 0.25) is 0 Å². The molecule has 264 valence electrons. The SMILES string of the molecule is CC(C)[C@H](CC(=O)c1nnc(-c2ccccc2)o1)C(=O)N[C@@H](Cc1ccccc1)C(=O)C[C@@H](C)C(=O)NC(CCC(N)=O)C(O)C(F)(F)F. The van der Waals surface area contributed by atoms with E-state index in [1.165, 1.54) is 6.92 Å². The predicted octanol–water partition coefficient (Wildman–Crippen LogP) is 3.58. The number of aromatic nitrogens is 2. The summed E-state index contributed by atoms with van der Waals surface area (Å²) in [5.41, 5.74) is 6.32. The molecule has 49 heavy (non-hydrogen) atoms. The van der Waals surface area contributed by atoms with E-state index in [1.54, 1.807) is 74.5 Å². The molecule has 2 aromatic carbocycles. The second-order valence-corrected chi connectivity index (χ2v) is 12.2. The number of Topliss-reactive ketones (excluding diaryl/α,β-unsaturated/α-hetero) is 2. The first-order valence-corrected chi connectivity index (χ1v) is 15.7. The number of nitrogens with one attached hydrogen (secondary N) is 2. The van der Waals surface area contributed by atoms with E-state index < -0.39 is 84.8 Å². The number of ketones is 2. The molecule has 5 atom stereocenters. The van der Waals surface area contributed by atoms with Crippen molar-refractivity contribution in [1.29, 1.82) is 0 Å². The first kappa shape index (κ1) is 38.5. The third-order valence-corrected chi connectivity index (χ3v) is 7.92. The molecule has 5 N–H and O–H groups in total. The van der Waals surface area contributed by atoms with Crippen molar-refractivity contribution in [1.82, 2.24) is 20.8 Å². The number of rotatable bonds is 18. The van der Waals surface area contributed by atoms with E-state index >= 15 is 0 Å². The van der Waals surface area contributed by atoms with Crippen molar-refractivity contribution in [3.05, 3.63) is 72.1 Å². The van der Waals surface area contributed by atoms with Gasteiger partial charge in [-0.05, 0) is 36.5 Å². The maximum Gasteiger partial charge on any atom is 0.416 e. The highest BCUT2D eigenvalue weighted by molar-refractivity contribution is 5.97. The zero-order valence-corrected chi connectivity index (χ0v) is 27.3. The van der Waals surface area contributed by atoms with Gasteiger partial charge in [-0.3, -0.25) is 24.0 Å². The van der Waals surface area contributed by atoms with Gasteiger partial charge in [0.05, 0.1) is 12.1 Å². The number of primary amides is 1. The molecule has 0 aliphatic heterocycles. The van der Waals surface area contributed by atoms with Gasteiger partial charge in [0.15, 0.2) is 11.9 Å². The van der Waals surface area contributed by atoms with Gasteiger partial charge in [0.2, 0.25) is 29.4 Å². The van der Waals surface area contributed by atoms with Crippen molar-refractivity contribution < 1.29 is 46.7 Å². The lowest BCUT2D eigenvalue weighted by Crippen LogP contribution is -2.52. The van der Waals surface area contributed by atoms with Gasteiger partial charge < -0.3 is 25.9 Å². The van der Waals surface area contributed by atoms with Crippen molar-refractivity contribution in [2.75, 3.05) is 0 Å². The first-order valence-electron chi connectivity index (χ1n) is 15.7. The molecule has 0 aliphatic rings. The van der Waals surface area contributed by atoms with E-state index in [4.69, 9.17) is 10.2 Å². The summed E-state index contributed by atoms with van der Waals surface area (Å²) in [6.07, 6.45) is -9.95. The molecular formula is C34H40F3N5O7. The zero-order valence-electron chi connectivity index (χ0n) is 27.3. The Morgan fingerprint density at radius 1 is 0.878 bits per heavy atom. The molecule has 0 spiro atoms.